The van der Waals surface area contributed by atoms with Crippen molar-refractivity contribution in [2.24, 2.45) is 0 Å². The third kappa shape index (κ3) is 6.04. The zero-order valence-electron chi connectivity index (χ0n) is 23.8. The number of nitrogens with zero attached hydrogens (tertiary/aromatic N) is 1. The topological polar surface area (TPSA) is 153 Å². The maximum Gasteiger partial charge on any atom is 0.335 e. The summed E-state index contributed by atoms with van der Waals surface area (Å²) in [5.41, 5.74) is 0.0876. The lowest BCUT2D eigenvalue weighted by Crippen LogP contribution is -2.65. The highest BCUT2D eigenvalue weighted by Crippen LogP contribution is 2.47. The molecule has 3 heterocycles. The molecule has 12 nitrogen and oxygen atoms in total. The van der Waals surface area contributed by atoms with Crippen molar-refractivity contribution in [1.29, 1.82) is 0 Å². The highest BCUT2D eigenvalue weighted by Gasteiger charge is 2.60. The summed E-state index contributed by atoms with van der Waals surface area (Å²) in [6.45, 7) is 18.9. The van der Waals surface area contributed by atoms with Crippen LogP contribution in [-0.2, 0) is 27.3 Å². The smallest absolute Gasteiger partial charge is 0.335 e. The van der Waals surface area contributed by atoms with E-state index in [9.17, 15) is 14.4 Å². The molecule has 4 N–H and O–H groups in total. The normalized spacial score (nSPS) is 24.7. The monoisotopic (exact) mass is 569 g/mol. The van der Waals surface area contributed by atoms with Gasteiger partial charge in [0.25, 0.3) is 5.56 Å². The lowest BCUT2D eigenvalue weighted by Gasteiger charge is -2.51. The summed E-state index contributed by atoms with van der Waals surface area (Å²) in [5.74, 6) is -0.373. The highest BCUT2D eigenvalue weighted by molar-refractivity contribution is 6.83. The van der Waals surface area contributed by atoms with Gasteiger partial charge >= 0.3 is 17.1 Å². The predicted octanol–water partition coefficient (Wildman–Crippen LogP) is 3.78. The SMILES string of the molecule is CC(=O)Nc1nc(N[C@@H]2C[C@@H]3O[Si](C(C)C)(C(C)C)O[Si](C(C)C)(C(C)C)OC[C@H]3O2)c(NC=O)c(=O)[nH]1. The van der Waals surface area contributed by atoms with E-state index in [0.717, 1.165) is 0 Å². The number of hydrogen-bond acceptors (Lipinski definition) is 9. The molecule has 2 amide bonds. The second kappa shape index (κ2) is 12.0. The van der Waals surface area contributed by atoms with Crippen LogP contribution < -0.4 is 21.5 Å². The number of aromatic nitrogens is 2. The van der Waals surface area contributed by atoms with E-state index in [4.69, 9.17) is 17.7 Å². The van der Waals surface area contributed by atoms with E-state index in [1.807, 2.05) is 0 Å². The van der Waals surface area contributed by atoms with Crippen molar-refractivity contribution < 1.29 is 27.3 Å². The Morgan fingerprint density at radius 2 is 1.63 bits per heavy atom. The minimum Gasteiger partial charge on any atom is -0.414 e. The van der Waals surface area contributed by atoms with Crippen LogP contribution in [0.4, 0.5) is 17.5 Å². The first-order chi connectivity index (χ1) is 17.8. The van der Waals surface area contributed by atoms with Gasteiger partial charge in [-0.1, -0.05) is 55.4 Å². The maximum absolute atomic E-state index is 12.6. The molecule has 0 saturated carbocycles. The molecule has 2 aliphatic heterocycles. The van der Waals surface area contributed by atoms with Gasteiger partial charge in [-0.3, -0.25) is 24.7 Å². The van der Waals surface area contributed by atoms with E-state index in [0.29, 0.717) is 19.4 Å². The van der Waals surface area contributed by atoms with Crippen LogP contribution in [-0.4, -0.2) is 64.4 Å². The van der Waals surface area contributed by atoms with Crippen LogP contribution in [0.5, 0.6) is 0 Å². The van der Waals surface area contributed by atoms with Crippen molar-refractivity contribution in [1.82, 2.24) is 9.97 Å². The number of ether oxygens (including phenoxy) is 1. The number of H-pyrrole nitrogens is 1. The molecule has 1 aromatic rings. The molecular formula is C24H43N5O7Si2. The van der Waals surface area contributed by atoms with Gasteiger partial charge in [0.15, 0.2) is 5.82 Å². The van der Waals surface area contributed by atoms with Gasteiger partial charge in [0.05, 0.1) is 12.7 Å². The van der Waals surface area contributed by atoms with Crippen LogP contribution in [0.2, 0.25) is 22.2 Å². The highest BCUT2D eigenvalue weighted by atomic mass is 28.5. The number of aromatic amines is 1. The second-order valence-electron chi connectivity index (χ2n) is 11.3. The molecule has 0 spiro atoms. The van der Waals surface area contributed by atoms with E-state index in [2.05, 4.69) is 81.3 Å². The molecule has 0 unspecified atom stereocenters. The third-order valence-corrected chi connectivity index (χ3v) is 17.5. The van der Waals surface area contributed by atoms with E-state index in [1.54, 1.807) is 0 Å². The van der Waals surface area contributed by atoms with Crippen molar-refractivity contribution in [2.75, 3.05) is 22.6 Å². The fraction of sp³-hybridized carbons (Fsp3) is 0.750. The lowest BCUT2D eigenvalue weighted by molar-refractivity contribution is -0.114. The average Bonchev–Trinajstić information content (AvgIpc) is 3.15. The quantitative estimate of drug-likeness (QED) is 0.257. The van der Waals surface area contributed by atoms with E-state index >= 15 is 0 Å². The summed E-state index contributed by atoms with van der Waals surface area (Å²) < 4.78 is 27.3. The lowest BCUT2D eigenvalue weighted by atomic mass is 10.2. The van der Waals surface area contributed by atoms with Crippen LogP contribution in [0, 0.1) is 0 Å². The first kappa shape index (κ1) is 30.4. The standard InChI is InChI=1S/C24H43N5O7Si2/c1-13(2)37(14(3)4)33-11-19-18(35-38(36-37,15(5)6)16(7)8)10-20(34-19)27-22-21(25-12-30)23(32)29-24(28-22)26-17(9)31/h12-16,18-20H,10-11H2,1-9H3,(H,25,30)(H3,26,27,28,29,31,32)/t18-,19+,20-/m0/s1. The molecule has 2 saturated heterocycles. The number of anilines is 3. The fourth-order valence-electron chi connectivity index (χ4n) is 5.39. The number of hydrogen-bond donors (Lipinski definition) is 4. The van der Waals surface area contributed by atoms with Gasteiger partial charge < -0.3 is 28.3 Å². The molecule has 2 aliphatic rings. The summed E-state index contributed by atoms with van der Waals surface area (Å²) in [7, 11) is -5.49. The van der Waals surface area contributed by atoms with E-state index < -0.39 is 34.8 Å². The van der Waals surface area contributed by atoms with Gasteiger partial charge in [0.1, 0.15) is 18.0 Å². The van der Waals surface area contributed by atoms with Crippen molar-refractivity contribution >= 4 is 46.9 Å². The summed E-state index contributed by atoms with van der Waals surface area (Å²) >= 11 is 0. The first-order valence-corrected chi connectivity index (χ1v) is 17.3. The van der Waals surface area contributed by atoms with E-state index in [-0.39, 0.29) is 51.8 Å². The van der Waals surface area contributed by atoms with Crippen LogP contribution in [0.25, 0.3) is 0 Å². The molecule has 14 heteroatoms. The molecule has 3 atom stereocenters. The minimum atomic E-state index is -2.80. The van der Waals surface area contributed by atoms with Gasteiger partial charge in [-0.05, 0) is 22.2 Å². The van der Waals surface area contributed by atoms with E-state index in [1.165, 1.54) is 6.92 Å². The third-order valence-electron chi connectivity index (χ3n) is 7.26. The Bertz CT molecular complexity index is 1050. The predicted molar refractivity (Wildman–Crippen MR) is 150 cm³/mol. The van der Waals surface area contributed by atoms with Crippen molar-refractivity contribution in [3.63, 3.8) is 0 Å². The average molecular weight is 570 g/mol. The molecule has 0 bridgehead atoms. The number of fused-ring (bicyclic) bond motifs is 1. The van der Waals surface area contributed by atoms with Crippen molar-refractivity contribution in [2.45, 2.75) is 109 Å². The molecule has 214 valence electrons. The number of carbonyl (C=O) groups is 2. The number of amides is 2. The Hall–Kier alpha value is -2.11. The van der Waals surface area contributed by atoms with Crippen LogP contribution in [0.3, 0.4) is 0 Å². The molecule has 2 fully saturated rings. The Morgan fingerprint density at radius 3 is 2.16 bits per heavy atom. The van der Waals surface area contributed by atoms with Crippen molar-refractivity contribution in [3.8, 4) is 0 Å². The number of nitrogens with one attached hydrogen (secondary N) is 4. The van der Waals surface area contributed by atoms with Crippen LogP contribution >= 0.6 is 0 Å². The van der Waals surface area contributed by atoms with Gasteiger partial charge in [0, 0.05) is 13.3 Å². The summed E-state index contributed by atoms with van der Waals surface area (Å²) in [4.78, 5) is 42.0. The molecule has 38 heavy (non-hydrogen) atoms. The first-order valence-electron chi connectivity index (χ1n) is 13.3. The zero-order chi connectivity index (χ0) is 28.4. The Labute approximate surface area is 226 Å². The summed E-state index contributed by atoms with van der Waals surface area (Å²) in [6.07, 6.45) is -0.396. The molecule has 0 aliphatic carbocycles. The molecule has 3 rings (SSSR count). The van der Waals surface area contributed by atoms with Gasteiger partial charge in [-0.15, -0.1) is 0 Å². The second-order valence-corrected chi connectivity index (χ2v) is 20.1. The van der Waals surface area contributed by atoms with Gasteiger partial charge in [0.2, 0.25) is 18.3 Å². The van der Waals surface area contributed by atoms with Crippen LogP contribution in [0.1, 0.15) is 68.7 Å². The molecule has 1 aromatic heterocycles. The van der Waals surface area contributed by atoms with Gasteiger partial charge in [-0.25, -0.2) is 0 Å². The maximum atomic E-state index is 12.6. The number of carbonyl (C=O) groups excluding carboxylic acids is 2. The molecule has 0 radical (unpaired) electrons. The van der Waals surface area contributed by atoms with Crippen molar-refractivity contribution in [3.05, 3.63) is 10.4 Å². The Morgan fingerprint density at radius 1 is 1.03 bits per heavy atom. The largest absolute Gasteiger partial charge is 0.414 e. The number of rotatable bonds is 9. The summed E-state index contributed by atoms with van der Waals surface area (Å²) in [6, 6.07) is 0. The minimum absolute atomic E-state index is 0.0471. The summed E-state index contributed by atoms with van der Waals surface area (Å²) in [5, 5.41) is 7.96. The van der Waals surface area contributed by atoms with Crippen LogP contribution in [0.15, 0.2) is 4.79 Å². The Balaban J connectivity index is 1.96. The van der Waals surface area contributed by atoms with Gasteiger partial charge in [-0.2, -0.15) is 4.98 Å². The zero-order valence-corrected chi connectivity index (χ0v) is 25.8. The Kier molecular flexibility index (Phi) is 9.58. The molecule has 0 aromatic carbocycles. The molecular weight excluding hydrogens is 526 g/mol. The fourth-order valence-corrected chi connectivity index (χ4v) is 16.6.